The van der Waals surface area contributed by atoms with Gasteiger partial charge in [-0.1, -0.05) is 26.0 Å². The van der Waals surface area contributed by atoms with Crippen LogP contribution in [0, 0.1) is 12.3 Å². The van der Waals surface area contributed by atoms with Crippen LogP contribution in [0.5, 0.6) is 5.75 Å². The lowest BCUT2D eigenvalue weighted by Crippen LogP contribution is -2.48. The zero-order valence-corrected chi connectivity index (χ0v) is 25.0. The number of nitrogens with one attached hydrogen (secondary N) is 2. The minimum Gasteiger partial charge on any atom is -0.483 e. The molecule has 3 aromatic rings. The maximum atomic E-state index is 13.5. The van der Waals surface area contributed by atoms with Crippen molar-refractivity contribution in [1.82, 2.24) is 34.6 Å². The lowest BCUT2D eigenvalue weighted by Gasteiger charge is -2.37. The molecule has 2 aromatic heterocycles. The fraction of sp³-hybridized carbons (Fsp3) is 0.467. The number of aromatic nitrogens is 4. The van der Waals surface area contributed by atoms with Crippen molar-refractivity contribution in [2.24, 2.45) is 5.41 Å². The number of carbonyl (C=O) groups is 3. The van der Waals surface area contributed by atoms with Gasteiger partial charge in [0, 0.05) is 57.5 Å². The number of piperazine rings is 1. The van der Waals surface area contributed by atoms with Crippen LogP contribution in [0.3, 0.4) is 0 Å². The van der Waals surface area contributed by atoms with Crippen molar-refractivity contribution >= 4 is 34.5 Å². The molecule has 2 aliphatic rings. The summed E-state index contributed by atoms with van der Waals surface area (Å²) in [6.07, 6.45) is 2.13. The molecule has 0 radical (unpaired) electrons. The number of ketones is 2. The highest BCUT2D eigenvalue weighted by molar-refractivity contribution is 6.26. The molecule has 4 N–H and O–H groups in total. The first-order valence-corrected chi connectivity index (χ1v) is 14.4. The van der Waals surface area contributed by atoms with Crippen LogP contribution in [0.15, 0.2) is 34.6 Å². The molecule has 0 bridgehead atoms. The average Bonchev–Trinajstić information content (AvgIpc) is 3.30. The van der Waals surface area contributed by atoms with E-state index >= 15 is 0 Å². The van der Waals surface area contributed by atoms with Gasteiger partial charge in [0.05, 0.1) is 5.56 Å². The first-order chi connectivity index (χ1) is 20.5. The fourth-order valence-electron chi connectivity index (χ4n) is 5.65. The van der Waals surface area contributed by atoms with Crippen molar-refractivity contribution in [2.45, 2.75) is 33.7 Å². The summed E-state index contributed by atoms with van der Waals surface area (Å²) in [6, 6.07) is 4.90. The van der Waals surface area contributed by atoms with E-state index < -0.39 is 5.41 Å². The summed E-state index contributed by atoms with van der Waals surface area (Å²) in [5.74, 6) is 0.205. The Morgan fingerprint density at radius 1 is 1.07 bits per heavy atom. The van der Waals surface area contributed by atoms with Gasteiger partial charge in [-0.3, -0.25) is 23.9 Å². The van der Waals surface area contributed by atoms with Crippen LogP contribution in [-0.4, -0.2) is 99.7 Å². The second-order valence-corrected chi connectivity index (χ2v) is 11.6. The quantitative estimate of drug-likeness (QED) is 0.312. The molecule has 5 rings (SSSR count). The smallest absolute Gasteiger partial charge is 0.327 e. The summed E-state index contributed by atoms with van der Waals surface area (Å²) in [4.78, 5) is 66.8. The number of likely N-dealkylation sites (N-methyl/N-ethyl adjacent to an activating group) is 1. The summed E-state index contributed by atoms with van der Waals surface area (Å²) in [7, 11) is 1.50. The molecule has 13 heteroatoms. The van der Waals surface area contributed by atoms with E-state index in [1.54, 1.807) is 29.7 Å². The van der Waals surface area contributed by atoms with Crippen molar-refractivity contribution in [2.75, 3.05) is 58.7 Å². The third kappa shape index (κ3) is 6.22. The largest absolute Gasteiger partial charge is 0.483 e. The monoisotopic (exact) mass is 590 g/mol. The number of benzene rings is 1. The summed E-state index contributed by atoms with van der Waals surface area (Å²) in [6.45, 7) is 10.9. The molecule has 0 saturated carbocycles. The van der Waals surface area contributed by atoms with Gasteiger partial charge in [0.15, 0.2) is 29.6 Å². The molecule has 1 amide bonds. The molecular weight excluding hydrogens is 552 g/mol. The van der Waals surface area contributed by atoms with E-state index in [9.17, 15) is 19.2 Å². The number of aryl methyl sites for hydroxylation is 1. The second-order valence-electron chi connectivity index (χ2n) is 11.6. The van der Waals surface area contributed by atoms with E-state index in [2.05, 4.69) is 30.1 Å². The molecule has 228 valence electrons. The minimum absolute atomic E-state index is 0.190. The van der Waals surface area contributed by atoms with Crippen LogP contribution in [0.2, 0.25) is 0 Å². The van der Waals surface area contributed by atoms with Crippen LogP contribution in [0.1, 0.15) is 46.8 Å². The number of Topliss-reactive ketones (excluding diaryl/α,β-unsaturated/α-hetero) is 1. The van der Waals surface area contributed by atoms with E-state index in [0.717, 1.165) is 32.7 Å². The number of aromatic amines is 1. The number of nitrogens with zero attached hydrogens (tertiary/aromatic N) is 5. The lowest BCUT2D eigenvalue weighted by molar-refractivity contribution is -0.122. The summed E-state index contributed by atoms with van der Waals surface area (Å²) >= 11 is 0. The second kappa shape index (κ2) is 12.1. The van der Waals surface area contributed by atoms with E-state index in [4.69, 9.17) is 10.5 Å². The van der Waals surface area contributed by atoms with E-state index in [1.807, 2.05) is 13.8 Å². The Kier molecular flexibility index (Phi) is 8.47. The van der Waals surface area contributed by atoms with Gasteiger partial charge < -0.3 is 25.7 Å². The van der Waals surface area contributed by atoms with Crippen molar-refractivity contribution in [3.8, 4) is 5.75 Å². The number of nitrogens with two attached hydrogens (primary N) is 1. The van der Waals surface area contributed by atoms with Crippen LogP contribution in [-0.2, 0) is 11.3 Å². The van der Waals surface area contributed by atoms with Gasteiger partial charge >= 0.3 is 5.69 Å². The van der Waals surface area contributed by atoms with Gasteiger partial charge in [0.2, 0.25) is 0 Å². The molecular formula is C30H38N8O5. The fourth-order valence-corrected chi connectivity index (χ4v) is 5.65. The van der Waals surface area contributed by atoms with Crippen LogP contribution in [0.4, 0.5) is 5.82 Å². The number of allylic oxidation sites excluding steroid dienone is 2. The molecule has 3 heterocycles. The molecule has 13 nitrogen and oxygen atoms in total. The number of nitrogen functional groups attached to an aromatic ring is 1. The Morgan fingerprint density at radius 3 is 2.47 bits per heavy atom. The molecule has 1 aromatic carbocycles. The summed E-state index contributed by atoms with van der Waals surface area (Å²) in [5, 5.41) is 2.47. The number of hydrogen-bond acceptors (Lipinski definition) is 10. The Morgan fingerprint density at radius 2 is 1.77 bits per heavy atom. The Balaban J connectivity index is 1.16. The average molecular weight is 591 g/mol. The summed E-state index contributed by atoms with van der Waals surface area (Å²) < 4.78 is 7.16. The van der Waals surface area contributed by atoms with E-state index in [1.165, 1.54) is 13.1 Å². The van der Waals surface area contributed by atoms with Gasteiger partial charge in [-0.2, -0.15) is 0 Å². The van der Waals surface area contributed by atoms with Gasteiger partial charge in [0.1, 0.15) is 17.1 Å². The molecule has 1 saturated heterocycles. The predicted octanol–water partition coefficient (Wildman–Crippen LogP) is 1.17. The Bertz CT molecular complexity index is 1660. The number of fused-ring (bicyclic) bond motifs is 2. The number of ether oxygens (including phenoxy) is 1. The van der Waals surface area contributed by atoms with Crippen LogP contribution >= 0.6 is 0 Å². The van der Waals surface area contributed by atoms with Crippen molar-refractivity contribution < 1.29 is 19.1 Å². The number of H-pyrrole nitrogens is 1. The maximum Gasteiger partial charge on any atom is 0.327 e. The molecule has 1 aliphatic heterocycles. The number of carbonyl (C=O) groups excluding carboxylic acids is 3. The molecule has 1 fully saturated rings. The summed E-state index contributed by atoms with van der Waals surface area (Å²) in [5.41, 5.74) is 7.16. The molecule has 1 aliphatic carbocycles. The minimum atomic E-state index is -0.529. The topological polar surface area (TPSA) is 169 Å². The molecule has 0 unspecified atom stereocenters. The van der Waals surface area contributed by atoms with E-state index in [0.29, 0.717) is 47.6 Å². The number of imidazole rings is 1. The Labute approximate surface area is 249 Å². The van der Waals surface area contributed by atoms with E-state index in [-0.39, 0.29) is 46.9 Å². The van der Waals surface area contributed by atoms with Crippen molar-refractivity contribution in [3.05, 3.63) is 57.3 Å². The Hall–Kier alpha value is -4.36. The highest BCUT2D eigenvalue weighted by Gasteiger charge is 2.36. The van der Waals surface area contributed by atoms with Crippen molar-refractivity contribution in [3.63, 3.8) is 0 Å². The highest BCUT2D eigenvalue weighted by atomic mass is 16.5. The molecule has 0 atom stereocenters. The molecule has 43 heavy (non-hydrogen) atoms. The first kappa shape index (κ1) is 30.1. The zero-order chi connectivity index (χ0) is 30.9. The third-order valence-corrected chi connectivity index (χ3v) is 8.32. The first-order valence-electron chi connectivity index (χ1n) is 14.4. The SMILES string of the molecule is CNC(=O)COc1cccc2c1C(=O)C=C(C(C)(C)CCN1CCN(CCn3c(=O)[nH]c4c(N)nc(C)nc43)CC1)C2=O. The lowest BCUT2D eigenvalue weighted by atomic mass is 9.73. The van der Waals surface area contributed by atoms with Crippen LogP contribution in [0.25, 0.3) is 11.2 Å². The third-order valence-electron chi connectivity index (χ3n) is 8.32. The molecule has 0 spiro atoms. The van der Waals surface area contributed by atoms with Gasteiger partial charge in [-0.15, -0.1) is 0 Å². The standard InChI is InChI=1S/C30H38N8O5/c1-18-33-27(31)25-28(34-18)38(29(42)35-25)15-14-37-12-10-36(11-13-37)9-8-30(2,3)20-16-21(39)24-19(26(20)41)6-5-7-22(24)43-17-23(40)32-4/h5-7,16H,8-15,17H2,1-4H3,(H,32,40)(H,35,42)(H2,31,33,34). The van der Waals surface area contributed by atoms with Gasteiger partial charge in [-0.25, -0.2) is 14.8 Å². The highest BCUT2D eigenvalue weighted by Crippen LogP contribution is 2.38. The normalized spacial score (nSPS) is 16.3. The number of rotatable bonds is 10. The van der Waals surface area contributed by atoms with Gasteiger partial charge in [0.25, 0.3) is 5.91 Å². The van der Waals surface area contributed by atoms with Gasteiger partial charge in [-0.05, 0) is 37.4 Å². The van der Waals surface area contributed by atoms with Crippen molar-refractivity contribution in [1.29, 1.82) is 0 Å². The number of anilines is 1. The predicted molar refractivity (Wildman–Crippen MR) is 161 cm³/mol. The zero-order valence-electron chi connectivity index (χ0n) is 25.0. The maximum absolute atomic E-state index is 13.5. The van der Waals surface area contributed by atoms with Crippen LogP contribution < -0.4 is 21.5 Å². The number of hydrogen-bond donors (Lipinski definition) is 3. The number of amides is 1.